The first-order chi connectivity index (χ1) is 8.93. The lowest BCUT2D eigenvalue weighted by molar-refractivity contribution is 0.0696. The molecule has 2 atom stereocenters. The molecule has 1 rings (SSSR count). The van der Waals surface area contributed by atoms with Crippen molar-refractivity contribution in [2.75, 3.05) is 18.1 Å². The topological polar surface area (TPSA) is 79.3 Å². The van der Waals surface area contributed by atoms with Gasteiger partial charge >= 0.3 is 5.97 Å². The van der Waals surface area contributed by atoms with Crippen LogP contribution in [0.1, 0.15) is 36.3 Å². The van der Waals surface area contributed by atoms with E-state index in [4.69, 9.17) is 5.11 Å². The van der Waals surface area contributed by atoms with Crippen LogP contribution in [0.15, 0.2) is 12.1 Å². The highest BCUT2D eigenvalue weighted by Gasteiger charge is 2.10. The molecule has 106 valence electrons. The lowest BCUT2D eigenvalue weighted by atomic mass is 10.1. The van der Waals surface area contributed by atoms with Gasteiger partial charge in [-0.15, -0.1) is 0 Å². The van der Waals surface area contributed by atoms with E-state index in [9.17, 15) is 9.00 Å². The van der Waals surface area contributed by atoms with Crippen LogP contribution in [-0.2, 0) is 17.2 Å². The molecule has 0 radical (unpaired) electrons. The molecule has 6 heteroatoms. The Bertz CT molecular complexity index is 477. The zero-order chi connectivity index (χ0) is 14.4. The molecular weight excluding hydrogens is 264 g/mol. The van der Waals surface area contributed by atoms with E-state index < -0.39 is 16.8 Å². The number of rotatable bonds is 7. The molecule has 2 N–H and O–H groups in total. The van der Waals surface area contributed by atoms with Crippen molar-refractivity contribution in [2.24, 2.45) is 0 Å². The van der Waals surface area contributed by atoms with Gasteiger partial charge in [0.05, 0.1) is 5.56 Å². The minimum atomic E-state index is -0.963. The third-order valence-corrected chi connectivity index (χ3v) is 4.07. The van der Waals surface area contributed by atoms with Crippen molar-refractivity contribution in [3.05, 3.63) is 23.4 Å². The number of carbonyl (C=O) groups is 1. The maximum Gasteiger partial charge on any atom is 0.335 e. The fourth-order valence-electron chi connectivity index (χ4n) is 1.55. The lowest BCUT2D eigenvalue weighted by Gasteiger charge is -2.12. The van der Waals surface area contributed by atoms with Crippen LogP contribution in [0.3, 0.4) is 0 Å². The molecule has 0 amide bonds. The van der Waals surface area contributed by atoms with Crippen LogP contribution in [0.4, 0.5) is 5.82 Å². The SMILES string of the molecule is CCCc1cc(C(=O)O)cc(NCC(C)S(C)=O)n1. The molecule has 0 aromatic carbocycles. The smallest absolute Gasteiger partial charge is 0.335 e. The number of pyridine rings is 1. The second-order valence-corrected chi connectivity index (χ2v) is 6.28. The van der Waals surface area contributed by atoms with Crippen molar-refractivity contribution < 1.29 is 14.1 Å². The Kier molecular flexibility index (Phi) is 5.95. The molecule has 5 nitrogen and oxygen atoms in total. The molecule has 0 fully saturated rings. The van der Waals surface area contributed by atoms with Crippen LogP contribution in [-0.4, -0.2) is 38.3 Å². The van der Waals surface area contributed by atoms with Gasteiger partial charge < -0.3 is 10.4 Å². The minimum absolute atomic E-state index is 0.00934. The third kappa shape index (κ3) is 4.98. The van der Waals surface area contributed by atoms with Crippen molar-refractivity contribution in [3.63, 3.8) is 0 Å². The molecule has 19 heavy (non-hydrogen) atoms. The summed E-state index contributed by atoms with van der Waals surface area (Å²) in [4.78, 5) is 15.4. The number of hydrogen-bond acceptors (Lipinski definition) is 4. The molecule has 0 saturated carbocycles. The van der Waals surface area contributed by atoms with Gasteiger partial charge in [-0.25, -0.2) is 9.78 Å². The van der Waals surface area contributed by atoms with E-state index in [2.05, 4.69) is 10.3 Å². The Balaban J connectivity index is 2.87. The van der Waals surface area contributed by atoms with Crippen molar-refractivity contribution in [2.45, 2.75) is 31.9 Å². The summed E-state index contributed by atoms with van der Waals surface area (Å²) in [7, 11) is -0.913. The number of nitrogens with one attached hydrogen (secondary N) is 1. The maximum absolute atomic E-state index is 11.3. The predicted octanol–water partition coefficient (Wildman–Crippen LogP) is 1.91. The molecule has 0 aliphatic rings. The van der Waals surface area contributed by atoms with Crippen LogP contribution in [0.2, 0.25) is 0 Å². The first-order valence-corrected chi connectivity index (χ1v) is 7.86. The number of nitrogens with zero attached hydrogens (tertiary/aromatic N) is 1. The average molecular weight is 284 g/mol. The van der Waals surface area contributed by atoms with Gasteiger partial charge in [0.25, 0.3) is 0 Å². The highest BCUT2D eigenvalue weighted by Crippen LogP contribution is 2.12. The van der Waals surface area contributed by atoms with E-state index >= 15 is 0 Å². The molecule has 0 spiro atoms. The molecule has 0 saturated heterocycles. The van der Waals surface area contributed by atoms with Gasteiger partial charge in [0.1, 0.15) is 5.82 Å². The van der Waals surface area contributed by atoms with Crippen molar-refractivity contribution >= 4 is 22.6 Å². The summed E-state index contributed by atoms with van der Waals surface area (Å²) in [6, 6.07) is 3.10. The molecule has 0 aliphatic heterocycles. The van der Waals surface area contributed by atoms with E-state index in [0.29, 0.717) is 12.4 Å². The standard InChI is InChI=1S/C13H20N2O3S/c1-4-5-11-6-10(13(16)17)7-12(15-11)14-8-9(2)19(3)18/h6-7,9H,4-5,8H2,1-3H3,(H,14,15)(H,16,17). The summed E-state index contributed by atoms with van der Waals surface area (Å²) in [5, 5.41) is 12.1. The summed E-state index contributed by atoms with van der Waals surface area (Å²) in [5.74, 6) is -0.435. The normalized spacial score (nSPS) is 13.8. The van der Waals surface area contributed by atoms with Crippen molar-refractivity contribution in [1.29, 1.82) is 0 Å². The van der Waals surface area contributed by atoms with Gasteiger partial charge in [-0.1, -0.05) is 13.3 Å². The van der Waals surface area contributed by atoms with Crippen LogP contribution in [0.25, 0.3) is 0 Å². The molecule has 2 unspecified atom stereocenters. The predicted molar refractivity (Wildman–Crippen MR) is 77.2 cm³/mol. The fraction of sp³-hybridized carbons (Fsp3) is 0.538. The van der Waals surface area contributed by atoms with Gasteiger partial charge in [-0.05, 0) is 25.5 Å². The van der Waals surface area contributed by atoms with E-state index in [1.807, 2.05) is 13.8 Å². The largest absolute Gasteiger partial charge is 0.478 e. The zero-order valence-electron chi connectivity index (χ0n) is 11.5. The first kappa shape index (κ1) is 15.6. The lowest BCUT2D eigenvalue weighted by Crippen LogP contribution is -2.21. The van der Waals surface area contributed by atoms with Crippen LogP contribution in [0, 0.1) is 0 Å². The summed E-state index contributed by atoms with van der Waals surface area (Å²) in [5.41, 5.74) is 0.987. The number of carboxylic acids is 1. The molecule has 0 aliphatic carbocycles. The number of aromatic nitrogens is 1. The number of hydrogen-bond donors (Lipinski definition) is 2. The Morgan fingerprint density at radius 1 is 1.53 bits per heavy atom. The monoisotopic (exact) mass is 284 g/mol. The Labute approximate surface area is 115 Å². The van der Waals surface area contributed by atoms with E-state index in [-0.39, 0.29) is 10.8 Å². The van der Waals surface area contributed by atoms with Crippen molar-refractivity contribution in [3.8, 4) is 0 Å². The highest BCUT2D eigenvalue weighted by atomic mass is 32.2. The Hall–Kier alpha value is -1.43. The maximum atomic E-state index is 11.3. The first-order valence-electron chi connectivity index (χ1n) is 6.24. The average Bonchev–Trinajstić information content (AvgIpc) is 2.35. The van der Waals surface area contributed by atoms with Gasteiger partial charge in [0.2, 0.25) is 0 Å². The zero-order valence-corrected chi connectivity index (χ0v) is 12.3. The minimum Gasteiger partial charge on any atom is -0.478 e. The fourth-order valence-corrected chi connectivity index (χ4v) is 1.87. The number of aryl methyl sites for hydroxylation is 1. The molecule has 1 aromatic rings. The molecule has 1 heterocycles. The summed E-state index contributed by atoms with van der Waals surface area (Å²) in [6.45, 7) is 4.40. The number of aromatic carboxylic acids is 1. The molecule has 1 aromatic heterocycles. The van der Waals surface area contributed by atoms with Gasteiger partial charge in [0.15, 0.2) is 0 Å². The van der Waals surface area contributed by atoms with Gasteiger partial charge in [-0.2, -0.15) is 0 Å². The number of anilines is 1. The van der Waals surface area contributed by atoms with Crippen LogP contribution < -0.4 is 5.32 Å². The van der Waals surface area contributed by atoms with Crippen LogP contribution >= 0.6 is 0 Å². The van der Waals surface area contributed by atoms with E-state index in [1.165, 1.54) is 6.07 Å². The van der Waals surface area contributed by atoms with Gasteiger partial charge in [-0.3, -0.25) is 4.21 Å². The summed E-state index contributed by atoms with van der Waals surface area (Å²) in [6.07, 6.45) is 3.30. The highest BCUT2D eigenvalue weighted by molar-refractivity contribution is 7.84. The number of carboxylic acid groups (broad SMARTS) is 1. The molecule has 0 bridgehead atoms. The summed E-state index contributed by atoms with van der Waals surface area (Å²) >= 11 is 0. The second-order valence-electron chi connectivity index (χ2n) is 4.48. The van der Waals surface area contributed by atoms with Crippen molar-refractivity contribution in [1.82, 2.24) is 4.98 Å². The van der Waals surface area contributed by atoms with Gasteiger partial charge in [0, 0.05) is 34.5 Å². The second kappa shape index (κ2) is 7.23. The third-order valence-electron chi connectivity index (χ3n) is 2.77. The van der Waals surface area contributed by atoms with E-state index in [0.717, 1.165) is 18.5 Å². The molecular formula is C13H20N2O3S. The van der Waals surface area contributed by atoms with Crippen LogP contribution in [0.5, 0.6) is 0 Å². The Morgan fingerprint density at radius 3 is 2.74 bits per heavy atom. The Morgan fingerprint density at radius 2 is 2.21 bits per heavy atom. The summed E-state index contributed by atoms with van der Waals surface area (Å²) < 4.78 is 11.3. The van der Waals surface area contributed by atoms with E-state index in [1.54, 1.807) is 12.3 Å². The quantitative estimate of drug-likeness (QED) is 0.799.